The van der Waals surface area contributed by atoms with Crippen LogP contribution in [0.25, 0.3) is 0 Å². The Labute approximate surface area is 166 Å². The number of phenolic OH excluding ortho intramolecular Hbond substituents is 1. The largest absolute Gasteiger partial charge is 0.508 e. The van der Waals surface area contributed by atoms with Crippen molar-refractivity contribution in [2.24, 2.45) is 0 Å². The molecule has 7 atom stereocenters. The summed E-state index contributed by atoms with van der Waals surface area (Å²) in [5.41, 5.74) is -1.74. The number of phenols is 1. The van der Waals surface area contributed by atoms with Gasteiger partial charge in [-0.15, -0.1) is 0 Å². The van der Waals surface area contributed by atoms with Crippen LogP contribution < -0.4 is 0 Å². The fourth-order valence-electron chi connectivity index (χ4n) is 2.57. The molecule has 7 N–H and O–H groups in total. The van der Waals surface area contributed by atoms with E-state index < -0.39 is 68.2 Å². The van der Waals surface area contributed by atoms with Gasteiger partial charge in [-0.1, -0.05) is 0 Å². The van der Waals surface area contributed by atoms with Crippen LogP contribution in [0.1, 0.15) is 17.3 Å². The molecule has 29 heavy (non-hydrogen) atoms. The molecule has 0 radical (unpaired) electrons. The van der Waals surface area contributed by atoms with Crippen molar-refractivity contribution < 1.29 is 54.8 Å². The van der Waals surface area contributed by atoms with Gasteiger partial charge in [0.15, 0.2) is 6.29 Å². The maximum atomic E-state index is 12.0. The van der Waals surface area contributed by atoms with E-state index >= 15 is 0 Å². The zero-order valence-corrected chi connectivity index (χ0v) is 15.7. The number of aromatic hydroxyl groups is 1. The average Bonchev–Trinajstić information content (AvgIpc) is 2.70. The van der Waals surface area contributed by atoms with Crippen molar-refractivity contribution in [3.05, 3.63) is 29.8 Å². The van der Waals surface area contributed by atoms with Crippen molar-refractivity contribution in [3.8, 4) is 5.75 Å². The summed E-state index contributed by atoms with van der Waals surface area (Å²) in [5, 5.41) is 67.8. The van der Waals surface area contributed by atoms with Crippen LogP contribution in [0.15, 0.2) is 24.3 Å². The summed E-state index contributed by atoms with van der Waals surface area (Å²) in [5.74, 6) is -0.806. The zero-order chi connectivity index (χ0) is 21.8. The van der Waals surface area contributed by atoms with Crippen LogP contribution in [0.2, 0.25) is 0 Å². The average molecular weight is 418 g/mol. The maximum absolute atomic E-state index is 12.0. The van der Waals surface area contributed by atoms with E-state index in [9.17, 15) is 35.4 Å². The Balaban J connectivity index is 1.97. The van der Waals surface area contributed by atoms with E-state index in [1.165, 1.54) is 31.2 Å². The Morgan fingerprint density at radius 3 is 2.38 bits per heavy atom. The number of ether oxygens (including phenoxy) is 3. The van der Waals surface area contributed by atoms with E-state index in [1.807, 2.05) is 0 Å². The van der Waals surface area contributed by atoms with Crippen LogP contribution in [0.5, 0.6) is 5.75 Å². The summed E-state index contributed by atoms with van der Waals surface area (Å²) in [4.78, 5) is 12.0. The molecule has 1 fully saturated rings. The highest BCUT2D eigenvalue weighted by Gasteiger charge is 2.45. The smallest absolute Gasteiger partial charge is 0.338 e. The molecular formula is C18H26O11. The van der Waals surface area contributed by atoms with Gasteiger partial charge in [-0.3, -0.25) is 0 Å². The molecule has 0 aromatic heterocycles. The monoisotopic (exact) mass is 418 g/mol. The minimum absolute atomic E-state index is 0.0353. The van der Waals surface area contributed by atoms with Crippen molar-refractivity contribution in [2.45, 2.75) is 49.3 Å². The normalized spacial score (nSPS) is 30.4. The van der Waals surface area contributed by atoms with E-state index in [-0.39, 0.29) is 11.3 Å². The number of carbonyl (C=O) groups excluding carboxylic acids is 1. The minimum atomic E-state index is -1.88. The third-order valence-corrected chi connectivity index (χ3v) is 4.58. The van der Waals surface area contributed by atoms with Crippen molar-refractivity contribution >= 4 is 5.97 Å². The van der Waals surface area contributed by atoms with Crippen LogP contribution >= 0.6 is 0 Å². The van der Waals surface area contributed by atoms with E-state index in [0.717, 1.165) is 0 Å². The maximum Gasteiger partial charge on any atom is 0.338 e. The van der Waals surface area contributed by atoms with Crippen molar-refractivity contribution in [2.75, 3.05) is 19.8 Å². The van der Waals surface area contributed by atoms with Crippen LogP contribution in [-0.4, -0.2) is 104 Å². The van der Waals surface area contributed by atoms with E-state index in [4.69, 9.17) is 19.3 Å². The summed E-state index contributed by atoms with van der Waals surface area (Å²) in [6.07, 6.45) is -9.27. The Morgan fingerprint density at radius 2 is 1.79 bits per heavy atom. The van der Waals surface area contributed by atoms with Crippen molar-refractivity contribution in [1.29, 1.82) is 0 Å². The fraction of sp³-hybridized carbons (Fsp3) is 0.611. The first-order valence-electron chi connectivity index (χ1n) is 8.85. The first-order valence-corrected chi connectivity index (χ1v) is 8.85. The predicted octanol–water partition coefficient (Wildman–Crippen LogP) is -2.52. The lowest BCUT2D eigenvalue weighted by Gasteiger charge is -2.41. The predicted molar refractivity (Wildman–Crippen MR) is 94.7 cm³/mol. The van der Waals surface area contributed by atoms with Crippen LogP contribution in [0.3, 0.4) is 0 Å². The lowest BCUT2D eigenvalue weighted by atomic mass is 9.98. The standard InChI is InChI=1S/C18H26O11/c1-18(26,12(21)6-19)8-28-17-15(24)14(23)13(22)11(29-17)7-27-16(25)9-2-4-10(20)5-3-9/h2-5,11-15,17,19-24,26H,6-8H2,1H3. The fourth-order valence-corrected chi connectivity index (χ4v) is 2.57. The molecule has 0 saturated carbocycles. The molecule has 164 valence electrons. The summed E-state index contributed by atoms with van der Waals surface area (Å²) in [7, 11) is 0. The van der Waals surface area contributed by atoms with Gasteiger partial charge >= 0.3 is 5.97 Å². The van der Waals surface area contributed by atoms with Crippen LogP contribution in [0, 0.1) is 0 Å². The molecule has 1 aromatic rings. The Morgan fingerprint density at radius 1 is 1.17 bits per heavy atom. The summed E-state index contributed by atoms with van der Waals surface area (Å²) in [6.45, 7) is -0.605. The molecule has 0 aliphatic carbocycles. The third kappa shape index (κ3) is 5.84. The van der Waals surface area contributed by atoms with E-state index in [0.29, 0.717) is 0 Å². The molecule has 1 saturated heterocycles. The number of carbonyl (C=O) groups is 1. The summed E-state index contributed by atoms with van der Waals surface area (Å²) in [6, 6.07) is 5.24. The highest BCUT2D eigenvalue weighted by Crippen LogP contribution is 2.24. The summed E-state index contributed by atoms with van der Waals surface area (Å²) < 4.78 is 15.6. The lowest BCUT2D eigenvalue weighted by molar-refractivity contribution is -0.310. The second-order valence-electron chi connectivity index (χ2n) is 7.03. The topological polar surface area (TPSA) is 186 Å². The number of hydrogen-bond acceptors (Lipinski definition) is 11. The molecule has 1 aliphatic heterocycles. The van der Waals surface area contributed by atoms with Gasteiger partial charge in [-0.25, -0.2) is 4.79 Å². The molecule has 1 heterocycles. The molecule has 1 aliphatic rings. The van der Waals surface area contributed by atoms with Gasteiger partial charge in [0, 0.05) is 0 Å². The number of aliphatic hydroxyl groups excluding tert-OH is 5. The number of esters is 1. The molecule has 11 nitrogen and oxygen atoms in total. The van der Waals surface area contributed by atoms with Gasteiger partial charge in [0.05, 0.1) is 18.8 Å². The molecule has 11 heteroatoms. The van der Waals surface area contributed by atoms with Gasteiger partial charge in [0.25, 0.3) is 0 Å². The van der Waals surface area contributed by atoms with Gasteiger partial charge in [-0.2, -0.15) is 0 Å². The Bertz CT molecular complexity index is 662. The molecular weight excluding hydrogens is 392 g/mol. The van der Waals surface area contributed by atoms with Crippen molar-refractivity contribution in [3.63, 3.8) is 0 Å². The molecule has 0 amide bonds. The van der Waals surface area contributed by atoms with Gasteiger partial charge in [-0.05, 0) is 31.2 Å². The first-order chi connectivity index (χ1) is 13.6. The number of rotatable bonds is 8. The second-order valence-corrected chi connectivity index (χ2v) is 7.03. The highest BCUT2D eigenvalue weighted by atomic mass is 16.7. The molecule has 2 rings (SSSR count). The Kier molecular flexibility index (Phi) is 7.91. The highest BCUT2D eigenvalue weighted by molar-refractivity contribution is 5.89. The van der Waals surface area contributed by atoms with Crippen molar-refractivity contribution in [1.82, 2.24) is 0 Å². The number of hydrogen-bond donors (Lipinski definition) is 7. The minimum Gasteiger partial charge on any atom is -0.508 e. The lowest BCUT2D eigenvalue weighted by Crippen LogP contribution is -2.60. The SMILES string of the molecule is CC(O)(COC1OC(COC(=O)c2ccc(O)cc2)C(O)C(O)C1O)C(O)CO. The number of aliphatic hydroxyl groups is 6. The van der Waals surface area contributed by atoms with E-state index in [1.54, 1.807) is 0 Å². The molecule has 7 unspecified atom stereocenters. The zero-order valence-electron chi connectivity index (χ0n) is 15.7. The molecule has 0 bridgehead atoms. The van der Waals surface area contributed by atoms with Gasteiger partial charge < -0.3 is 50.0 Å². The quantitative estimate of drug-likeness (QED) is 0.221. The van der Waals surface area contributed by atoms with Gasteiger partial charge in [0.1, 0.15) is 48.5 Å². The first kappa shape index (κ1) is 23.4. The third-order valence-electron chi connectivity index (χ3n) is 4.58. The van der Waals surface area contributed by atoms with Crippen LogP contribution in [-0.2, 0) is 14.2 Å². The molecule has 0 spiro atoms. The Hall–Kier alpha value is -1.83. The van der Waals surface area contributed by atoms with Crippen LogP contribution in [0.4, 0.5) is 0 Å². The number of benzene rings is 1. The molecule has 1 aromatic carbocycles. The summed E-state index contributed by atoms with van der Waals surface area (Å²) >= 11 is 0. The van der Waals surface area contributed by atoms with Gasteiger partial charge in [0.2, 0.25) is 0 Å². The second kappa shape index (κ2) is 9.78. The van der Waals surface area contributed by atoms with E-state index in [2.05, 4.69) is 0 Å².